The molecule has 0 atom stereocenters. The second-order valence-electron chi connectivity index (χ2n) is 6.78. The van der Waals surface area contributed by atoms with Crippen LogP contribution in [0.3, 0.4) is 0 Å². The van der Waals surface area contributed by atoms with E-state index in [1.54, 1.807) is 6.26 Å². The summed E-state index contributed by atoms with van der Waals surface area (Å²) >= 11 is 0. The van der Waals surface area contributed by atoms with Gasteiger partial charge in [0.15, 0.2) is 5.96 Å². The Hall–Kier alpha value is -3.28. The van der Waals surface area contributed by atoms with Gasteiger partial charge in [0.1, 0.15) is 12.0 Å². The zero-order valence-electron chi connectivity index (χ0n) is 17.1. The van der Waals surface area contributed by atoms with Gasteiger partial charge in [-0.1, -0.05) is 35.9 Å². The molecule has 0 amide bonds. The van der Waals surface area contributed by atoms with Crippen molar-refractivity contribution in [2.75, 3.05) is 25.0 Å². The molecule has 0 aliphatic heterocycles. The standard InChI is InChI=1S/C23H29N5O/c1-3-24-23(26-15-7-14-25-20-8-5-4-6-9-20)27-16-21-17-29-22(28-21)19-12-10-18(2)11-13-19/h4-6,8-13,17,25H,3,7,14-16H2,1-2H3,(H2,24,26,27). The Morgan fingerprint density at radius 2 is 1.79 bits per heavy atom. The number of oxazole rings is 1. The van der Waals surface area contributed by atoms with E-state index in [0.29, 0.717) is 12.4 Å². The highest BCUT2D eigenvalue weighted by molar-refractivity contribution is 5.79. The molecule has 3 rings (SSSR count). The molecule has 0 aliphatic rings. The Labute approximate surface area is 172 Å². The maximum absolute atomic E-state index is 5.61. The summed E-state index contributed by atoms with van der Waals surface area (Å²) < 4.78 is 5.61. The number of nitrogens with one attached hydrogen (secondary N) is 3. The van der Waals surface area contributed by atoms with Crippen LogP contribution in [0.2, 0.25) is 0 Å². The first kappa shape index (κ1) is 20.5. The molecule has 0 aliphatic carbocycles. The minimum absolute atomic E-state index is 0.465. The summed E-state index contributed by atoms with van der Waals surface area (Å²) in [7, 11) is 0. The molecule has 0 radical (unpaired) electrons. The fourth-order valence-corrected chi connectivity index (χ4v) is 2.79. The van der Waals surface area contributed by atoms with E-state index in [1.165, 1.54) is 5.56 Å². The topological polar surface area (TPSA) is 74.5 Å². The highest BCUT2D eigenvalue weighted by atomic mass is 16.3. The molecule has 6 nitrogen and oxygen atoms in total. The first-order chi connectivity index (χ1) is 14.2. The predicted molar refractivity (Wildman–Crippen MR) is 119 cm³/mol. The number of nitrogens with zero attached hydrogens (tertiary/aromatic N) is 2. The molecule has 0 saturated carbocycles. The lowest BCUT2D eigenvalue weighted by Crippen LogP contribution is -2.38. The van der Waals surface area contributed by atoms with E-state index in [-0.39, 0.29) is 0 Å². The van der Waals surface area contributed by atoms with Gasteiger partial charge in [-0.2, -0.15) is 0 Å². The molecule has 3 N–H and O–H groups in total. The lowest BCUT2D eigenvalue weighted by molar-refractivity contribution is 0.572. The number of aliphatic imine (C=N–C) groups is 1. The van der Waals surface area contributed by atoms with Crippen LogP contribution >= 0.6 is 0 Å². The SMILES string of the molecule is CCNC(=NCc1coc(-c2ccc(C)cc2)n1)NCCCNc1ccccc1. The Balaban J connectivity index is 1.46. The van der Waals surface area contributed by atoms with Crippen LogP contribution in [0.1, 0.15) is 24.6 Å². The van der Waals surface area contributed by atoms with Crippen LogP contribution in [0.25, 0.3) is 11.5 Å². The monoisotopic (exact) mass is 391 g/mol. The molecule has 2 aromatic carbocycles. The zero-order valence-corrected chi connectivity index (χ0v) is 17.1. The number of para-hydroxylation sites is 1. The average Bonchev–Trinajstić information content (AvgIpc) is 3.22. The third-order valence-electron chi connectivity index (χ3n) is 4.34. The summed E-state index contributed by atoms with van der Waals surface area (Å²) in [5, 5.41) is 10.0. The molecular weight excluding hydrogens is 362 g/mol. The van der Waals surface area contributed by atoms with Gasteiger partial charge in [0, 0.05) is 30.9 Å². The van der Waals surface area contributed by atoms with E-state index < -0.39 is 0 Å². The van der Waals surface area contributed by atoms with E-state index in [1.807, 2.05) is 30.3 Å². The quantitative estimate of drug-likeness (QED) is 0.289. The van der Waals surface area contributed by atoms with E-state index in [4.69, 9.17) is 4.42 Å². The molecule has 6 heteroatoms. The second-order valence-corrected chi connectivity index (χ2v) is 6.78. The fraction of sp³-hybridized carbons (Fsp3) is 0.304. The largest absolute Gasteiger partial charge is 0.444 e. The Morgan fingerprint density at radius 1 is 1.00 bits per heavy atom. The molecule has 152 valence electrons. The molecule has 1 heterocycles. The zero-order chi connectivity index (χ0) is 20.3. The fourth-order valence-electron chi connectivity index (χ4n) is 2.79. The molecular formula is C23H29N5O. The number of aromatic nitrogens is 1. The maximum Gasteiger partial charge on any atom is 0.226 e. The normalized spacial score (nSPS) is 11.3. The van der Waals surface area contributed by atoms with E-state index in [9.17, 15) is 0 Å². The van der Waals surface area contributed by atoms with Crippen LogP contribution in [-0.4, -0.2) is 30.6 Å². The number of benzene rings is 2. The van der Waals surface area contributed by atoms with Gasteiger partial charge in [0.2, 0.25) is 5.89 Å². The van der Waals surface area contributed by atoms with E-state index in [0.717, 1.165) is 49.0 Å². The molecule has 0 unspecified atom stereocenters. The van der Waals surface area contributed by atoms with Crippen molar-refractivity contribution < 1.29 is 4.42 Å². The number of aryl methyl sites for hydroxylation is 1. The first-order valence-corrected chi connectivity index (χ1v) is 10.1. The van der Waals surface area contributed by atoms with Crippen molar-refractivity contribution in [2.45, 2.75) is 26.8 Å². The van der Waals surface area contributed by atoms with Crippen molar-refractivity contribution in [2.24, 2.45) is 4.99 Å². The summed E-state index contributed by atoms with van der Waals surface area (Å²) in [6, 6.07) is 18.4. The van der Waals surface area contributed by atoms with Crippen molar-refractivity contribution in [1.29, 1.82) is 0 Å². The summed E-state index contributed by atoms with van der Waals surface area (Å²) in [6.07, 6.45) is 2.66. The van der Waals surface area contributed by atoms with Crippen LogP contribution < -0.4 is 16.0 Å². The second kappa shape index (κ2) is 10.9. The van der Waals surface area contributed by atoms with Crippen LogP contribution in [0.4, 0.5) is 5.69 Å². The van der Waals surface area contributed by atoms with Gasteiger partial charge in [0.05, 0.1) is 6.54 Å². The van der Waals surface area contributed by atoms with Gasteiger partial charge in [-0.05, 0) is 44.5 Å². The van der Waals surface area contributed by atoms with E-state index in [2.05, 4.69) is 64.0 Å². The Morgan fingerprint density at radius 3 is 2.55 bits per heavy atom. The van der Waals surface area contributed by atoms with E-state index >= 15 is 0 Å². The van der Waals surface area contributed by atoms with Crippen LogP contribution in [0.5, 0.6) is 0 Å². The van der Waals surface area contributed by atoms with Crippen molar-refractivity contribution in [1.82, 2.24) is 15.6 Å². The Bertz CT molecular complexity index is 887. The number of rotatable bonds is 9. The van der Waals surface area contributed by atoms with Crippen LogP contribution in [0, 0.1) is 6.92 Å². The first-order valence-electron chi connectivity index (χ1n) is 10.1. The molecule has 29 heavy (non-hydrogen) atoms. The van der Waals surface area contributed by atoms with Crippen LogP contribution in [0.15, 0.2) is 70.3 Å². The van der Waals surface area contributed by atoms with Gasteiger partial charge < -0.3 is 20.4 Å². The number of hydrogen-bond acceptors (Lipinski definition) is 4. The number of anilines is 1. The third kappa shape index (κ3) is 6.68. The molecule has 0 fully saturated rings. The summed E-state index contributed by atoms with van der Waals surface area (Å²) in [4.78, 5) is 9.16. The molecule has 3 aromatic rings. The molecule has 0 bridgehead atoms. The summed E-state index contributed by atoms with van der Waals surface area (Å²) in [6.45, 7) is 7.12. The molecule has 1 aromatic heterocycles. The van der Waals surface area contributed by atoms with Crippen molar-refractivity contribution >= 4 is 11.6 Å². The minimum Gasteiger partial charge on any atom is -0.444 e. The highest BCUT2D eigenvalue weighted by Gasteiger charge is 2.06. The van der Waals surface area contributed by atoms with Crippen molar-refractivity contribution in [3.05, 3.63) is 72.1 Å². The molecule has 0 spiro atoms. The summed E-state index contributed by atoms with van der Waals surface area (Å²) in [5.41, 5.74) is 4.14. The van der Waals surface area contributed by atoms with Gasteiger partial charge in [-0.15, -0.1) is 0 Å². The smallest absolute Gasteiger partial charge is 0.226 e. The summed E-state index contributed by atoms with van der Waals surface area (Å²) in [5.74, 6) is 1.41. The van der Waals surface area contributed by atoms with Crippen molar-refractivity contribution in [3.8, 4) is 11.5 Å². The van der Waals surface area contributed by atoms with Gasteiger partial charge in [0.25, 0.3) is 0 Å². The molecule has 0 saturated heterocycles. The van der Waals surface area contributed by atoms with Crippen LogP contribution in [-0.2, 0) is 6.54 Å². The predicted octanol–water partition coefficient (Wildman–Crippen LogP) is 4.21. The maximum atomic E-state index is 5.61. The van der Waals surface area contributed by atoms with Gasteiger partial charge >= 0.3 is 0 Å². The number of hydrogen-bond donors (Lipinski definition) is 3. The lowest BCUT2D eigenvalue weighted by Gasteiger charge is -2.11. The minimum atomic E-state index is 0.465. The van der Waals surface area contributed by atoms with Gasteiger partial charge in [-0.25, -0.2) is 9.98 Å². The van der Waals surface area contributed by atoms with Gasteiger partial charge in [-0.3, -0.25) is 0 Å². The van der Waals surface area contributed by atoms with Crippen molar-refractivity contribution in [3.63, 3.8) is 0 Å². The highest BCUT2D eigenvalue weighted by Crippen LogP contribution is 2.19. The average molecular weight is 392 g/mol. The lowest BCUT2D eigenvalue weighted by atomic mass is 10.1. The third-order valence-corrected chi connectivity index (χ3v) is 4.34. The number of guanidine groups is 1. The Kier molecular flexibility index (Phi) is 7.69.